The number of sulfonamides is 1. The molecule has 6 nitrogen and oxygen atoms in total. The summed E-state index contributed by atoms with van der Waals surface area (Å²) in [7, 11) is -6.88. The monoisotopic (exact) mass is 358 g/mol. The molecule has 0 aliphatic carbocycles. The molecule has 1 aliphatic rings. The zero-order valence-corrected chi connectivity index (χ0v) is 15.2. The van der Waals surface area contributed by atoms with Gasteiger partial charge in [-0.1, -0.05) is 6.92 Å². The molecule has 1 unspecified atom stereocenters. The van der Waals surface area contributed by atoms with Crippen molar-refractivity contribution in [3.8, 4) is 0 Å². The van der Waals surface area contributed by atoms with Gasteiger partial charge in [0.15, 0.2) is 9.84 Å². The summed E-state index contributed by atoms with van der Waals surface area (Å²) >= 11 is 1.49. The Kier molecular flexibility index (Phi) is 7.97. The summed E-state index contributed by atoms with van der Waals surface area (Å²) in [5, 5.41) is 2.32. The quantitative estimate of drug-likeness (QED) is 0.605. The fourth-order valence-corrected chi connectivity index (χ4v) is 7.54. The van der Waals surface area contributed by atoms with E-state index in [1.165, 1.54) is 16.1 Å². The predicted octanol–water partition coefficient (Wildman–Crippen LogP) is 0.516. The third-order valence-corrected chi connectivity index (χ3v) is 8.05. The number of nitrogens with one attached hydrogen (secondary N) is 1. The molecule has 1 aliphatic heterocycles. The molecular formula is C12H26N2O4S3. The van der Waals surface area contributed by atoms with Crippen LogP contribution in [0.15, 0.2) is 0 Å². The highest BCUT2D eigenvalue weighted by Gasteiger charge is 2.38. The van der Waals surface area contributed by atoms with Crippen LogP contribution in [0.25, 0.3) is 0 Å². The lowest BCUT2D eigenvalue weighted by molar-refractivity contribution is 0.403. The van der Waals surface area contributed by atoms with Crippen molar-refractivity contribution >= 4 is 31.6 Å². The van der Waals surface area contributed by atoms with Crippen LogP contribution < -0.4 is 5.32 Å². The van der Waals surface area contributed by atoms with E-state index in [-0.39, 0.29) is 5.75 Å². The molecule has 0 saturated carbocycles. The Balaban J connectivity index is 2.55. The van der Waals surface area contributed by atoms with Crippen LogP contribution in [0.4, 0.5) is 0 Å². The van der Waals surface area contributed by atoms with Crippen LogP contribution in [0.1, 0.15) is 26.2 Å². The van der Waals surface area contributed by atoms with Crippen LogP contribution in [0, 0.1) is 0 Å². The fraction of sp³-hybridized carbons (Fsp3) is 1.00. The van der Waals surface area contributed by atoms with Gasteiger partial charge < -0.3 is 5.32 Å². The second-order valence-corrected chi connectivity index (χ2v) is 10.6. The van der Waals surface area contributed by atoms with Crippen LogP contribution in [0.3, 0.4) is 0 Å². The largest absolute Gasteiger partial charge is 0.317 e. The molecule has 1 rings (SSSR count). The van der Waals surface area contributed by atoms with Crippen molar-refractivity contribution in [1.29, 1.82) is 0 Å². The Morgan fingerprint density at radius 2 is 1.90 bits per heavy atom. The van der Waals surface area contributed by atoms with Crippen LogP contribution in [0.5, 0.6) is 0 Å². The standard InChI is InChI=1S/C12H26N2O4S3/c1-3-6-13-7-4-5-10-21(17,18)14-8-9-19-11-12(14)20(2,15)16/h12-13H,3-11H2,1-2H3. The molecular weight excluding hydrogens is 332 g/mol. The maximum Gasteiger partial charge on any atom is 0.215 e. The van der Waals surface area contributed by atoms with Crippen molar-refractivity contribution in [3.05, 3.63) is 0 Å². The summed E-state index contributed by atoms with van der Waals surface area (Å²) in [5.74, 6) is 1.01. The summed E-state index contributed by atoms with van der Waals surface area (Å²) in [6.45, 7) is 4.11. The van der Waals surface area contributed by atoms with Gasteiger partial charge in [-0.15, -0.1) is 0 Å². The van der Waals surface area contributed by atoms with E-state index in [1.54, 1.807) is 0 Å². The first kappa shape index (κ1) is 19.2. The lowest BCUT2D eigenvalue weighted by atomic mass is 10.3. The van der Waals surface area contributed by atoms with E-state index in [0.29, 0.717) is 24.5 Å². The smallest absolute Gasteiger partial charge is 0.215 e. The van der Waals surface area contributed by atoms with Gasteiger partial charge in [-0.05, 0) is 32.4 Å². The molecule has 0 bridgehead atoms. The summed E-state index contributed by atoms with van der Waals surface area (Å²) in [6.07, 6.45) is 3.51. The number of hydrogen-bond donors (Lipinski definition) is 1. The number of rotatable bonds is 9. The number of sulfone groups is 1. The normalized spacial score (nSPS) is 21.5. The van der Waals surface area contributed by atoms with E-state index in [0.717, 1.165) is 32.2 Å². The summed E-state index contributed by atoms with van der Waals surface area (Å²) in [4.78, 5) is 0. The highest BCUT2D eigenvalue weighted by Crippen LogP contribution is 2.23. The molecule has 21 heavy (non-hydrogen) atoms. The van der Waals surface area contributed by atoms with Crippen molar-refractivity contribution < 1.29 is 16.8 Å². The van der Waals surface area contributed by atoms with Gasteiger partial charge in [-0.25, -0.2) is 16.8 Å². The summed E-state index contributed by atoms with van der Waals surface area (Å²) in [6, 6.07) is 0. The van der Waals surface area contributed by atoms with Crippen LogP contribution in [0.2, 0.25) is 0 Å². The first-order chi connectivity index (χ1) is 9.79. The van der Waals surface area contributed by atoms with E-state index in [4.69, 9.17) is 0 Å². The minimum absolute atomic E-state index is 0.0253. The molecule has 1 fully saturated rings. The average Bonchev–Trinajstić information content (AvgIpc) is 2.42. The van der Waals surface area contributed by atoms with Gasteiger partial charge in [0.25, 0.3) is 0 Å². The molecule has 0 aromatic rings. The molecule has 1 saturated heterocycles. The molecule has 0 amide bonds. The number of nitrogens with zero attached hydrogens (tertiary/aromatic N) is 1. The molecule has 0 spiro atoms. The summed E-state index contributed by atoms with van der Waals surface area (Å²) < 4.78 is 49.4. The second-order valence-electron chi connectivity index (χ2n) is 5.24. The third-order valence-electron chi connectivity index (χ3n) is 3.32. The maximum atomic E-state index is 12.4. The first-order valence-electron chi connectivity index (χ1n) is 7.26. The number of unbranched alkanes of at least 4 members (excludes halogenated alkanes) is 1. The lowest BCUT2D eigenvalue weighted by Crippen LogP contribution is -2.50. The van der Waals surface area contributed by atoms with Gasteiger partial charge in [0.1, 0.15) is 5.37 Å². The third kappa shape index (κ3) is 6.43. The van der Waals surface area contributed by atoms with Gasteiger partial charge in [0, 0.05) is 24.3 Å². The van der Waals surface area contributed by atoms with Crippen molar-refractivity contribution in [2.75, 3.05) is 43.1 Å². The Morgan fingerprint density at radius 3 is 2.52 bits per heavy atom. The molecule has 1 heterocycles. The fourth-order valence-electron chi connectivity index (χ4n) is 2.17. The highest BCUT2D eigenvalue weighted by atomic mass is 32.2. The molecule has 0 aromatic heterocycles. The number of thioether (sulfide) groups is 1. The van der Waals surface area contributed by atoms with E-state index in [2.05, 4.69) is 12.2 Å². The Morgan fingerprint density at radius 1 is 1.19 bits per heavy atom. The average molecular weight is 359 g/mol. The minimum Gasteiger partial charge on any atom is -0.317 e. The second kappa shape index (κ2) is 8.71. The Labute approximate surface area is 133 Å². The van der Waals surface area contributed by atoms with Gasteiger partial charge >= 0.3 is 0 Å². The predicted molar refractivity (Wildman–Crippen MR) is 88.8 cm³/mol. The van der Waals surface area contributed by atoms with Crippen LogP contribution in [-0.2, 0) is 19.9 Å². The van der Waals surface area contributed by atoms with Gasteiger partial charge in [-0.3, -0.25) is 0 Å². The number of hydrogen-bond acceptors (Lipinski definition) is 6. The Bertz CT molecular complexity index is 505. The molecule has 1 atom stereocenters. The lowest BCUT2D eigenvalue weighted by Gasteiger charge is -2.33. The van der Waals surface area contributed by atoms with Gasteiger partial charge in [-0.2, -0.15) is 16.1 Å². The van der Waals surface area contributed by atoms with E-state index in [9.17, 15) is 16.8 Å². The zero-order valence-electron chi connectivity index (χ0n) is 12.7. The summed E-state index contributed by atoms with van der Waals surface area (Å²) in [5.41, 5.74) is 0. The maximum absolute atomic E-state index is 12.4. The minimum atomic E-state index is -3.50. The van der Waals surface area contributed by atoms with E-state index < -0.39 is 25.2 Å². The van der Waals surface area contributed by atoms with Crippen molar-refractivity contribution in [2.24, 2.45) is 0 Å². The van der Waals surface area contributed by atoms with Crippen molar-refractivity contribution in [2.45, 2.75) is 31.6 Å². The molecule has 1 N–H and O–H groups in total. The molecule has 0 aromatic carbocycles. The molecule has 9 heteroatoms. The van der Waals surface area contributed by atoms with E-state index >= 15 is 0 Å². The van der Waals surface area contributed by atoms with Crippen LogP contribution >= 0.6 is 11.8 Å². The molecule has 0 radical (unpaired) electrons. The Hall–Kier alpha value is 0.170. The van der Waals surface area contributed by atoms with Crippen molar-refractivity contribution in [1.82, 2.24) is 9.62 Å². The van der Waals surface area contributed by atoms with Crippen LogP contribution in [-0.4, -0.2) is 69.7 Å². The molecule has 126 valence electrons. The SMILES string of the molecule is CCCNCCCCS(=O)(=O)N1CCSCC1S(C)(=O)=O. The highest BCUT2D eigenvalue weighted by molar-refractivity contribution is 8.01. The van der Waals surface area contributed by atoms with E-state index in [1.807, 2.05) is 0 Å². The topological polar surface area (TPSA) is 83.6 Å². The van der Waals surface area contributed by atoms with Gasteiger partial charge in [0.05, 0.1) is 5.75 Å². The van der Waals surface area contributed by atoms with Crippen molar-refractivity contribution in [3.63, 3.8) is 0 Å². The zero-order chi connectivity index (χ0) is 15.9. The van der Waals surface area contributed by atoms with Gasteiger partial charge in [0.2, 0.25) is 10.0 Å². The first-order valence-corrected chi connectivity index (χ1v) is 12.0.